The second-order valence-electron chi connectivity index (χ2n) is 12.0. The zero-order chi connectivity index (χ0) is 28.8. The number of fused-ring (bicyclic) bond motifs is 7. The van der Waals surface area contributed by atoms with Crippen LogP contribution in [0.2, 0.25) is 0 Å². The van der Waals surface area contributed by atoms with Gasteiger partial charge in [0.1, 0.15) is 0 Å². The predicted molar refractivity (Wildman–Crippen MR) is 174 cm³/mol. The van der Waals surface area contributed by atoms with Crippen LogP contribution in [-0.4, -0.2) is 26.7 Å². The van der Waals surface area contributed by atoms with Crippen molar-refractivity contribution in [2.45, 2.75) is 45.6 Å². The SMILES string of the molecule is CC(C)c1ccc(/C2=c3\ccc([nH]3)=CC3=NC(C=C3)/C=c3/cc/c([nH]3)=C(\c3ccc(C(C)C)cc3)c3ccc2[nH]3)cc1. The summed E-state index contributed by atoms with van der Waals surface area (Å²) in [5.41, 5.74) is 10.4. The molecule has 0 amide bonds. The lowest BCUT2D eigenvalue weighted by Gasteiger charge is -2.11. The van der Waals surface area contributed by atoms with Crippen molar-refractivity contribution in [3.8, 4) is 0 Å². The number of nitrogens with one attached hydrogen (secondary N) is 3. The largest absolute Gasteiger partial charge is 0.355 e. The van der Waals surface area contributed by atoms with E-state index in [1.165, 1.54) is 22.3 Å². The molecule has 0 fully saturated rings. The summed E-state index contributed by atoms with van der Waals surface area (Å²) >= 11 is 0. The Balaban J connectivity index is 1.50. The number of nitrogens with zero attached hydrogens (tertiary/aromatic N) is 1. The number of aromatic nitrogens is 3. The third-order valence-electron chi connectivity index (χ3n) is 8.33. The maximum atomic E-state index is 4.94. The van der Waals surface area contributed by atoms with Gasteiger partial charge in [0.15, 0.2) is 0 Å². The van der Waals surface area contributed by atoms with Gasteiger partial charge in [-0.3, -0.25) is 4.99 Å². The summed E-state index contributed by atoms with van der Waals surface area (Å²) in [5.74, 6) is 0.966. The zero-order valence-electron chi connectivity index (χ0n) is 24.6. The van der Waals surface area contributed by atoms with E-state index in [1.54, 1.807) is 0 Å². The molecule has 2 aliphatic rings. The van der Waals surface area contributed by atoms with E-state index in [-0.39, 0.29) is 6.04 Å². The minimum atomic E-state index is -0.00227. The maximum Gasteiger partial charge on any atom is 0.0894 e. The first-order chi connectivity index (χ1) is 20.4. The van der Waals surface area contributed by atoms with Crippen LogP contribution in [0, 0.1) is 0 Å². The Hall–Kier alpha value is -4.83. The van der Waals surface area contributed by atoms with Crippen LogP contribution in [0.1, 0.15) is 73.2 Å². The molecule has 2 aliphatic heterocycles. The van der Waals surface area contributed by atoms with E-state index in [2.05, 4.69) is 152 Å². The van der Waals surface area contributed by atoms with Gasteiger partial charge >= 0.3 is 0 Å². The van der Waals surface area contributed by atoms with E-state index in [4.69, 9.17) is 4.99 Å². The molecule has 8 bridgehead atoms. The van der Waals surface area contributed by atoms with Crippen molar-refractivity contribution in [1.82, 2.24) is 15.0 Å². The van der Waals surface area contributed by atoms with Crippen molar-refractivity contribution in [3.63, 3.8) is 0 Å². The van der Waals surface area contributed by atoms with Gasteiger partial charge in [-0.2, -0.15) is 0 Å². The minimum absolute atomic E-state index is 0.00227. The summed E-state index contributed by atoms with van der Waals surface area (Å²) in [7, 11) is 0. The smallest absolute Gasteiger partial charge is 0.0894 e. The maximum absolute atomic E-state index is 4.94. The number of H-pyrrole nitrogens is 3. The Bertz CT molecular complexity index is 2070. The quantitative estimate of drug-likeness (QED) is 0.271. The van der Waals surface area contributed by atoms with Gasteiger partial charge in [-0.25, -0.2) is 0 Å². The average Bonchev–Trinajstić information content (AvgIpc) is 3.80. The molecular weight excluding hydrogens is 512 g/mol. The highest BCUT2D eigenvalue weighted by Crippen LogP contribution is 2.27. The molecule has 7 rings (SSSR count). The van der Waals surface area contributed by atoms with Crippen LogP contribution < -0.4 is 21.4 Å². The van der Waals surface area contributed by atoms with Crippen molar-refractivity contribution in [2.24, 2.45) is 4.99 Å². The molecule has 2 aromatic carbocycles. The fourth-order valence-corrected chi connectivity index (χ4v) is 5.94. The monoisotopic (exact) mass is 548 g/mol. The summed E-state index contributed by atoms with van der Waals surface area (Å²) in [4.78, 5) is 16.1. The van der Waals surface area contributed by atoms with Crippen LogP contribution in [-0.2, 0) is 0 Å². The highest BCUT2D eigenvalue weighted by molar-refractivity contribution is 6.18. The highest BCUT2D eigenvalue weighted by Gasteiger charge is 2.16. The molecule has 0 radical (unpaired) electrons. The van der Waals surface area contributed by atoms with E-state index < -0.39 is 0 Å². The summed E-state index contributed by atoms with van der Waals surface area (Å²) in [6, 6.07) is 31.0. The molecular formula is C38H36N4. The van der Waals surface area contributed by atoms with Crippen molar-refractivity contribution < 1.29 is 0 Å². The summed E-state index contributed by atoms with van der Waals surface area (Å²) in [6.45, 7) is 8.94. The molecule has 0 saturated heterocycles. The first-order valence-corrected chi connectivity index (χ1v) is 14.9. The molecule has 4 nitrogen and oxygen atoms in total. The van der Waals surface area contributed by atoms with Crippen LogP contribution in [0.25, 0.3) is 23.3 Å². The van der Waals surface area contributed by atoms with Crippen molar-refractivity contribution in [1.29, 1.82) is 0 Å². The zero-order valence-corrected chi connectivity index (χ0v) is 24.6. The van der Waals surface area contributed by atoms with Gasteiger partial charge in [0.25, 0.3) is 0 Å². The molecule has 0 saturated carbocycles. The van der Waals surface area contributed by atoms with Gasteiger partial charge in [-0.15, -0.1) is 0 Å². The molecule has 42 heavy (non-hydrogen) atoms. The van der Waals surface area contributed by atoms with Crippen LogP contribution >= 0.6 is 0 Å². The van der Waals surface area contributed by atoms with Gasteiger partial charge < -0.3 is 15.0 Å². The van der Waals surface area contributed by atoms with Crippen molar-refractivity contribution in [2.75, 3.05) is 0 Å². The van der Waals surface area contributed by atoms with Gasteiger partial charge in [-0.05, 0) is 88.7 Å². The molecule has 4 heteroatoms. The lowest BCUT2D eigenvalue weighted by atomic mass is 9.97. The number of aromatic amines is 3. The minimum Gasteiger partial charge on any atom is -0.355 e. The Morgan fingerprint density at radius 2 is 1.10 bits per heavy atom. The standard InChI is InChI=1S/C38H36N4/c1-23(2)25-5-9-27(10-6-25)37-33-17-15-31(40-33)21-29-13-14-30(39-29)22-32-16-18-34(41-32)38(36-20-19-35(37)42-36)28-11-7-26(8-12-28)24(3)4/h5-24,29,40-42H,1-4H3/b31-21-,32-22?,37-33-,38-34-. The molecule has 0 spiro atoms. The number of aliphatic imine (C=N–C) groups is 1. The second-order valence-corrected chi connectivity index (χ2v) is 12.0. The van der Waals surface area contributed by atoms with Crippen LogP contribution in [0.3, 0.4) is 0 Å². The second kappa shape index (κ2) is 10.5. The van der Waals surface area contributed by atoms with E-state index >= 15 is 0 Å². The number of hydrogen-bond donors (Lipinski definition) is 3. The Morgan fingerprint density at radius 1 is 0.571 bits per heavy atom. The van der Waals surface area contributed by atoms with Crippen molar-refractivity contribution in [3.05, 3.63) is 152 Å². The average molecular weight is 549 g/mol. The fourth-order valence-electron chi connectivity index (χ4n) is 5.94. The van der Waals surface area contributed by atoms with Gasteiger partial charge in [0.2, 0.25) is 0 Å². The third-order valence-corrected chi connectivity index (χ3v) is 8.33. The fraction of sp³-hybridized carbons (Fsp3) is 0.184. The van der Waals surface area contributed by atoms with Gasteiger partial charge in [-0.1, -0.05) is 82.3 Å². The van der Waals surface area contributed by atoms with E-state index in [1.807, 2.05) is 0 Å². The van der Waals surface area contributed by atoms with E-state index in [0.29, 0.717) is 11.8 Å². The van der Waals surface area contributed by atoms with Crippen LogP contribution in [0.4, 0.5) is 0 Å². The first-order valence-electron chi connectivity index (χ1n) is 14.9. The summed E-state index contributed by atoms with van der Waals surface area (Å²) in [6.07, 6.45) is 8.54. The summed E-state index contributed by atoms with van der Waals surface area (Å²) in [5, 5.41) is 4.22. The van der Waals surface area contributed by atoms with Crippen molar-refractivity contribution >= 4 is 29.0 Å². The molecule has 1 atom stereocenters. The molecule has 1 unspecified atom stereocenters. The molecule has 208 valence electrons. The molecule has 3 N–H and O–H groups in total. The molecule has 5 heterocycles. The number of rotatable bonds is 4. The normalized spacial score (nSPS) is 19.5. The Kier molecular flexibility index (Phi) is 6.54. The van der Waals surface area contributed by atoms with E-state index in [0.717, 1.165) is 49.6 Å². The predicted octanol–water partition coefficient (Wildman–Crippen LogP) is 5.37. The van der Waals surface area contributed by atoms with Gasteiger partial charge in [0, 0.05) is 43.9 Å². The molecule has 0 aliphatic carbocycles. The first kappa shape index (κ1) is 26.1. The van der Waals surface area contributed by atoms with Gasteiger partial charge in [0.05, 0.1) is 11.8 Å². The van der Waals surface area contributed by atoms with Crippen LogP contribution in [0.15, 0.2) is 102 Å². The number of benzene rings is 2. The highest BCUT2D eigenvalue weighted by atomic mass is 14.8. The lowest BCUT2D eigenvalue weighted by Crippen LogP contribution is -2.17. The lowest BCUT2D eigenvalue weighted by molar-refractivity contribution is 0.866. The van der Waals surface area contributed by atoms with E-state index in [9.17, 15) is 0 Å². The molecule has 5 aromatic rings. The Labute approximate surface area is 246 Å². The topological polar surface area (TPSA) is 59.7 Å². The number of allylic oxidation sites excluding steroid dienone is 1. The third kappa shape index (κ3) is 4.94. The number of hydrogen-bond acceptors (Lipinski definition) is 1. The summed E-state index contributed by atoms with van der Waals surface area (Å²) < 4.78 is 0. The molecule has 3 aromatic heterocycles. The van der Waals surface area contributed by atoms with Crippen LogP contribution in [0.5, 0.6) is 0 Å². The Morgan fingerprint density at radius 3 is 1.64 bits per heavy atom.